The molecule has 0 heterocycles. The van der Waals surface area contributed by atoms with Gasteiger partial charge in [0, 0.05) is 10.0 Å². The van der Waals surface area contributed by atoms with Crippen molar-refractivity contribution in [2.45, 2.75) is 19.9 Å². The van der Waals surface area contributed by atoms with Crippen LogP contribution in [0.3, 0.4) is 0 Å². The van der Waals surface area contributed by atoms with Gasteiger partial charge in [-0.1, -0.05) is 15.9 Å². The van der Waals surface area contributed by atoms with Crippen LogP contribution in [0.15, 0.2) is 40.9 Å². The van der Waals surface area contributed by atoms with Crippen LogP contribution < -0.4 is 19.5 Å². The van der Waals surface area contributed by atoms with E-state index in [1.54, 1.807) is 14.2 Å². The van der Waals surface area contributed by atoms with Gasteiger partial charge >= 0.3 is 0 Å². The molecule has 0 aliphatic heterocycles. The van der Waals surface area contributed by atoms with Crippen LogP contribution in [0, 0.1) is 6.92 Å². The summed E-state index contributed by atoms with van der Waals surface area (Å²) in [5.41, 5.74) is 1.89. The Kier molecular flexibility index (Phi) is 6.70. The molecule has 2 aromatic carbocycles. The Morgan fingerprint density at radius 2 is 1.84 bits per heavy atom. The molecule has 5 nitrogen and oxygen atoms in total. The number of ether oxygens (including phenoxy) is 3. The van der Waals surface area contributed by atoms with E-state index in [2.05, 4.69) is 21.2 Å². The number of halogens is 1. The van der Waals surface area contributed by atoms with Gasteiger partial charge in [0.1, 0.15) is 17.2 Å². The predicted octanol–water partition coefficient (Wildman–Crippen LogP) is 4.03. The molecule has 0 spiro atoms. The van der Waals surface area contributed by atoms with Crippen LogP contribution in [0.2, 0.25) is 0 Å². The van der Waals surface area contributed by atoms with E-state index >= 15 is 0 Å². The summed E-state index contributed by atoms with van der Waals surface area (Å²) in [7, 11) is 3.20. The van der Waals surface area contributed by atoms with Crippen molar-refractivity contribution in [1.29, 1.82) is 0 Å². The zero-order valence-corrected chi connectivity index (χ0v) is 16.3. The summed E-state index contributed by atoms with van der Waals surface area (Å²) in [6, 6.07) is 10.8. The fraction of sp³-hybridized carbons (Fsp3) is 0.316. The second-order valence-corrected chi connectivity index (χ2v) is 6.45. The van der Waals surface area contributed by atoms with E-state index in [1.165, 1.54) is 0 Å². The number of amides is 1. The summed E-state index contributed by atoms with van der Waals surface area (Å²) in [5.74, 6) is 1.84. The highest BCUT2D eigenvalue weighted by atomic mass is 79.9. The predicted molar refractivity (Wildman–Crippen MR) is 100 cm³/mol. The minimum atomic E-state index is -0.243. The molecule has 0 saturated heterocycles. The fourth-order valence-corrected chi connectivity index (χ4v) is 2.64. The Bertz CT molecular complexity index is 748. The monoisotopic (exact) mass is 407 g/mol. The summed E-state index contributed by atoms with van der Waals surface area (Å²) in [6.07, 6.45) is 0. The van der Waals surface area contributed by atoms with Crippen LogP contribution in [0.4, 0.5) is 0 Å². The number of hydrogen-bond donors (Lipinski definition) is 1. The number of carbonyl (C=O) groups excluding carboxylic acids is 1. The summed E-state index contributed by atoms with van der Waals surface area (Å²) >= 11 is 3.44. The van der Waals surface area contributed by atoms with Crippen molar-refractivity contribution in [3.63, 3.8) is 0 Å². The fourth-order valence-electron chi connectivity index (χ4n) is 2.39. The van der Waals surface area contributed by atoms with Crippen molar-refractivity contribution in [3.05, 3.63) is 52.0 Å². The molecular formula is C19H22BrNO4. The van der Waals surface area contributed by atoms with Gasteiger partial charge < -0.3 is 19.5 Å². The standard InChI is InChI=1S/C19H22BrNO4/c1-12-9-15(5-7-17(12)20)25-11-19(22)21-13(2)16-10-14(23-3)6-8-18(16)24-4/h5-10,13H,11H2,1-4H3,(H,21,22)/t13-/m0/s1. The molecule has 2 rings (SSSR count). The summed E-state index contributed by atoms with van der Waals surface area (Å²) in [5, 5.41) is 2.91. The third kappa shape index (κ3) is 5.13. The van der Waals surface area contributed by atoms with E-state index in [-0.39, 0.29) is 18.6 Å². The van der Waals surface area contributed by atoms with Gasteiger partial charge in [-0.25, -0.2) is 0 Å². The van der Waals surface area contributed by atoms with Crippen LogP contribution >= 0.6 is 15.9 Å². The molecule has 0 fully saturated rings. The molecule has 0 saturated carbocycles. The SMILES string of the molecule is COc1ccc(OC)c([C@H](C)NC(=O)COc2ccc(Br)c(C)c2)c1. The van der Waals surface area contributed by atoms with Crippen molar-refractivity contribution >= 4 is 21.8 Å². The van der Waals surface area contributed by atoms with Crippen molar-refractivity contribution in [3.8, 4) is 17.2 Å². The Morgan fingerprint density at radius 1 is 1.12 bits per heavy atom. The lowest BCUT2D eigenvalue weighted by molar-refractivity contribution is -0.123. The molecule has 6 heteroatoms. The maximum absolute atomic E-state index is 12.2. The molecule has 2 aromatic rings. The lowest BCUT2D eigenvalue weighted by atomic mass is 10.1. The number of aryl methyl sites for hydroxylation is 1. The molecule has 0 aliphatic carbocycles. The molecule has 1 amide bonds. The first-order valence-corrected chi connectivity index (χ1v) is 8.64. The Hall–Kier alpha value is -2.21. The summed E-state index contributed by atoms with van der Waals surface area (Å²) < 4.78 is 17.2. The number of benzene rings is 2. The second-order valence-electron chi connectivity index (χ2n) is 5.60. The van der Waals surface area contributed by atoms with E-state index in [1.807, 2.05) is 50.2 Å². The van der Waals surface area contributed by atoms with Gasteiger partial charge in [0.15, 0.2) is 6.61 Å². The van der Waals surface area contributed by atoms with Crippen LogP contribution in [0.25, 0.3) is 0 Å². The second kappa shape index (κ2) is 8.76. The molecule has 0 bridgehead atoms. The first-order chi connectivity index (χ1) is 11.9. The largest absolute Gasteiger partial charge is 0.497 e. The van der Waals surface area contributed by atoms with E-state index in [0.29, 0.717) is 17.2 Å². The molecule has 0 unspecified atom stereocenters. The zero-order valence-electron chi connectivity index (χ0n) is 14.8. The smallest absolute Gasteiger partial charge is 0.258 e. The van der Waals surface area contributed by atoms with E-state index in [9.17, 15) is 4.79 Å². The van der Waals surface area contributed by atoms with Crippen molar-refractivity contribution in [2.75, 3.05) is 20.8 Å². The van der Waals surface area contributed by atoms with Gasteiger partial charge in [-0.3, -0.25) is 4.79 Å². The molecule has 134 valence electrons. The number of rotatable bonds is 7. The van der Waals surface area contributed by atoms with Gasteiger partial charge in [0.05, 0.1) is 20.3 Å². The maximum atomic E-state index is 12.2. The highest BCUT2D eigenvalue weighted by molar-refractivity contribution is 9.10. The molecule has 0 aliphatic rings. The Balaban J connectivity index is 1.99. The average Bonchev–Trinajstić information content (AvgIpc) is 2.62. The molecule has 25 heavy (non-hydrogen) atoms. The van der Waals surface area contributed by atoms with Crippen LogP contribution in [0.1, 0.15) is 24.1 Å². The molecule has 1 N–H and O–H groups in total. The van der Waals surface area contributed by atoms with Crippen molar-refractivity contribution in [1.82, 2.24) is 5.32 Å². The van der Waals surface area contributed by atoms with Crippen LogP contribution in [0.5, 0.6) is 17.2 Å². The minimum Gasteiger partial charge on any atom is -0.497 e. The Morgan fingerprint density at radius 3 is 2.48 bits per heavy atom. The van der Waals surface area contributed by atoms with Crippen LogP contribution in [-0.2, 0) is 4.79 Å². The summed E-state index contributed by atoms with van der Waals surface area (Å²) in [6.45, 7) is 3.80. The highest BCUT2D eigenvalue weighted by Gasteiger charge is 2.15. The number of hydrogen-bond acceptors (Lipinski definition) is 4. The normalized spacial score (nSPS) is 11.6. The third-order valence-electron chi connectivity index (χ3n) is 3.78. The summed E-state index contributed by atoms with van der Waals surface area (Å²) in [4.78, 5) is 12.2. The van der Waals surface area contributed by atoms with E-state index in [0.717, 1.165) is 15.6 Å². The van der Waals surface area contributed by atoms with E-state index < -0.39 is 0 Å². The molecule has 0 radical (unpaired) electrons. The van der Waals surface area contributed by atoms with Gasteiger partial charge in [0.25, 0.3) is 5.91 Å². The lowest BCUT2D eigenvalue weighted by Gasteiger charge is -2.18. The van der Waals surface area contributed by atoms with Crippen LogP contribution in [-0.4, -0.2) is 26.7 Å². The van der Waals surface area contributed by atoms with Gasteiger partial charge in [-0.05, 0) is 55.8 Å². The minimum absolute atomic E-state index is 0.0578. The van der Waals surface area contributed by atoms with E-state index in [4.69, 9.17) is 14.2 Å². The number of methoxy groups -OCH3 is 2. The Labute approximate surface area is 156 Å². The maximum Gasteiger partial charge on any atom is 0.258 e. The quantitative estimate of drug-likeness (QED) is 0.752. The van der Waals surface area contributed by atoms with Crippen molar-refractivity contribution in [2.24, 2.45) is 0 Å². The lowest BCUT2D eigenvalue weighted by Crippen LogP contribution is -2.31. The van der Waals surface area contributed by atoms with Gasteiger partial charge in [0.2, 0.25) is 0 Å². The van der Waals surface area contributed by atoms with Gasteiger partial charge in [-0.2, -0.15) is 0 Å². The van der Waals surface area contributed by atoms with Gasteiger partial charge in [-0.15, -0.1) is 0 Å². The molecule has 1 atom stereocenters. The highest BCUT2D eigenvalue weighted by Crippen LogP contribution is 2.29. The number of nitrogens with one attached hydrogen (secondary N) is 1. The average molecular weight is 408 g/mol. The molecule has 0 aromatic heterocycles. The number of carbonyl (C=O) groups is 1. The first-order valence-electron chi connectivity index (χ1n) is 7.84. The van der Waals surface area contributed by atoms with Crippen molar-refractivity contribution < 1.29 is 19.0 Å². The zero-order chi connectivity index (χ0) is 18.4. The topological polar surface area (TPSA) is 56.8 Å². The first kappa shape index (κ1) is 19.1. The molecular weight excluding hydrogens is 386 g/mol. The third-order valence-corrected chi connectivity index (χ3v) is 4.67.